The third-order valence-corrected chi connectivity index (χ3v) is 6.53. The minimum Gasteiger partial charge on any atom is -0.493 e. The number of hydrogen-bond donors (Lipinski definition) is 1. The first-order valence-corrected chi connectivity index (χ1v) is 11.8. The highest BCUT2D eigenvalue weighted by Gasteiger charge is 2.33. The van der Waals surface area contributed by atoms with Crippen molar-refractivity contribution >= 4 is 33.2 Å². The maximum absolute atomic E-state index is 13.8. The van der Waals surface area contributed by atoms with Crippen LogP contribution in [-0.2, 0) is 14.8 Å². The lowest BCUT2D eigenvalue weighted by Gasteiger charge is -2.19. The van der Waals surface area contributed by atoms with E-state index in [2.05, 4.69) is 0 Å². The van der Waals surface area contributed by atoms with Crippen LogP contribution in [0.2, 0.25) is 5.02 Å². The van der Waals surface area contributed by atoms with Gasteiger partial charge < -0.3 is 14.4 Å². The van der Waals surface area contributed by atoms with Crippen molar-refractivity contribution in [3.63, 3.8) is 0 Å². The lowest BCUT2D eigenvalue weighted by Crippen LogP contribution is -2.24. The predicted octanol–water partition coefficient (Wildman–Crippen LogP) is 4.45. The van der Waals surface area contributed by atoms with Gasteiger partial charge in [-0.25, -0.2) is 17.9 Å². The number of methoxy groups -OCH3 is 1. The van der Waals surface area contributed by atoms with Crippen molar-refractivity contribution in [2.45, 2.75) is 17.2 Å². The number of nitrogens with zero attached hydrogens (tertiary/aromatic N) is 1. The summed E-state index contributed by atoms with van der Waals surface area (Å²) < 4.78 is 48.0. The van der Waals surface area contributed by atoms with Gasteiger partial charge in [0.15, 0.2) is 11.5 Å². The normalized spacial score (nSPS) is 16.2. The number of rotatable bonds is 6. The molecule has 3 aromatic rings. The fourth-order valence-corrected chi connectivity index (χ4v) is 4.44. The summed E-state index contributed by atoms with van der Waals surface area (Å²) in [5.41, 5.74) is 1.28. The van der Waals surface area contributed by atoms with E-state index in [9.17, 15) is 17.6 Å². The number of carbonyl (C=O) groups is 1. The zero-order chi connectivity index (χ0) is 23.8. The Balaban J connectivity index is 1.63. The van der Waals surface area contributed by atoms with Crippen LogP contribution in [0.3, 0.4) is 0 Å². The largest absolute Gasteiger partial charge is 0.493 e. The zero-order valence-electron chi connectivity index (χ0n) is 17.5. The first-order valence-electron chi connectivity index (χ1n) is 9.90. The van der Waals surface area contributed by atoms with Crippen molar-refractivity contribution in [3.8, 4) is 17.2 Å². The van der Waals surface area contributed by atoms with Crippen molar-refractivity contribution in [2.75, 3.05) is 18.6 Å². The number of benzene rings is 3. The molecule has 172 valence electrons. The van der Waals surface area contributed by atoms with Crippen molar-refractivity contribution in [2.24, 2.45) is 5.14 Å². The molecule has 33 heavy (non-hydrogen) atoms. The average molecular weight is 491 g/mol. The molecule has 1 heterocycles. The summed E-state index contributed by atoms with van der Waals surface area (Å²) in [5.74, 6) is 0.0622. The van der Waals surface area contributed by atoms with Crippen molar-refractivity contribution < 1.29 is 27.1 Å². The molecule has 0 radical (unpaired) electrons. The molecule has 1 atom stereocenters. The molecule has 0 saturated carbocycles. The quantitative estimate of drug-likeness (QED) is 0.550. The Morgan fingerprint density at radius 2 is 1.76 bits per heavy atom. The van der Waals surface area contributed by atoms with E-state index in [1.807, 2.05) is 0 Å². The van der Waals surface area contributed by atoms with Crippen LogP contribution in [0, 0.1) is 5.82 Å². The molecule has 0 bridgehead atoms. The molecular weight excluding hydrogens is 471 g/mol. The van der Waals surface area contributed by atoms with Crippen molar-refractivity contribution in [1.29, 1.82) is 0 Å². The zero-order valence-corrected chi connectivity index (χ0v) is 19.1. The second-order valence-electron chi connectivity index (χ2n) is 7.52. The van der Waals surface area contributed by atoms with E-state index in [0.717, 1.165) is 5.56 Å². The molecular formula is C23H20ClFN2O5S. The minimum absolute atomic E-state index is 0.0353. The lowest BCUT2D eigenvalue weighted by molar-refractivity contribution is -0.117. The number of hydrogen-bond acceptors (Lipinski definition) is 5. The summed E-state index contributed by atoms with van der Waals surface area (Å²) in [7, 11) is -2.38. The first-order chi connectivity index (χ1) is 15.7. The fourth-order valence-electron chi connectivity index (χ4n) is 3.76. The Kier molecular flexibility index (Phi) is 6.29. The molecule has 4 rings (SSSR count). The second kappa shape index (κ2) is 9.01. The Labute approximate surface area is 195 Å². The Morgan fingerprint density at radius 3 is 2.42 bits per heavy atom. The van der Waals surface area contributed by atoms with E-state index in [4.69, 9.17) is 26.2 Å². The number of ether oxygens (including phenoxy) is 2. The summed E-state index contributed by atoms with van der Waals surface area (Å²) in [4.78, 5) is 14.3. The van der Waals surface area contributed by atoms with E-state index >= 15 is 0 Å². The number of carbonyl (C=O) groups excluding carboxylic acids is 1. The third kappa shape index (κ3) is 4.95. The van der Waals surface area contributed by atoms with Crippen LogP contribution < -0.4 is 19.5 Å². The molecule has 0 aliphatic carbocycles. The smallest absolute Gasteiger partial charge is 0.238 e. The van der Waals surface area contributed by atoms with E-state index in [1.165, 1.54) is 49.6 Å². The molecule has 1 fully saturated rings. The molecule has 0 aromatic heterocycles. The third-order valence-electron chi connectivity index (χ3n) is 5.36. The number of halogens is 2. The van der Waals surface area contributed by atoms with Crippen LogP contribution in [0.25, 0.3) is 0 Å². The van der Waals surface area contributed by atoms with Crippen LogP contribution in [0.15, 0.2) is 65.6 Å². The van der Waals surface area contributed by atoms with Gasteiger partial charge in [-0.2, -0.15) is 0 Å². The number of sulfonamides is 1. The topological polar surface area (TPSA) is 98.9 Å². The van der Waals surface area contributed by atoms with Crippen LogP contribution in [-0.4, -0.2) is 28.0 Å². The van der Waals surface area contributed by atoms with Crippen molar-refractivity contribution in [1.82, 2.24) is 0 Å². The molecule has 10 heteroatoms. The van der Waals surface area contributed by atoms with E-state index in [1.54, 1.807) is 23.1 Å². The second-order valence-corrected chi connectivity index (χ2v) is 9.52. The van der Waals surface area contributed by atoms with Crippen LogP contribution in [0.5, 0.6) is 17.2 Å². The van der Waals surface area contributed by atoms with Crippen molar-refractivity contribution in [3.05, 3.63) is 77.1 Å². The van der Waals surface area contributed by atoms with Gasteiger partial charge in [-0.1, -0.05) is 17.7 Å². The fraction of sp³-hybridized carbons (Fsp3) is 0.174. The molecule has 7 nitrogen and oxygen atoms in total. The SMILES string of the molecule is COc1ccc(F)cc1Oc1cc(Cl)ccc1[C@H]1CC(=O)N(c2ccc(S(N)(=O)=O)cc2)C1. The highest BCUT2D eigenvalue weighted by atomic mass is 35.5. The summed E-state index contributed by atoms with van der Waals surface area (Å²) in [6, 6.07) is 14.8. The summed E-state index contributed by atoms with van der Waals surface area (Å²) in [5, 5.41) is 5.56. The number of anilines is 1. The summed E-state index contributed by atoms with van der Waals surface area (Å²) in [6.45, 7) is 0.339. The standard InChI is InChI=1S/C23H20ClFN2O5S/c1-31-20-9-3-16(25)12-22(20)32-21-11-15(24)2-8-19(21)14-10-23(28)27(13-14)17-4-6-18(7-5-17)33(26,29)30/h2-9,11-12,14H,10,13H2,1H3,(H2,26,29,30)/t14-/m0/s1. The molecule has 1 aliphatic heterocycles. The van der Waals surface area contributed by atoms with Gasteiger partial charge in [0.2, 0.25) is 15.9 Å². The molecule has 0 unspecified atom stereocenters. The monoisotopic (exact) mass is 490 g/mol. The summed E-state index contributed by atoms with van der Waals surface area (Å²) >= 11 is 6.18. The van der Waals surface area contributed by atoms with Gasteiger partial charge in [-0.15, -0.1) is 0 Å². The molecule has 0 spiro atoms. The molecule has 1 saturated heterocycles. The molecule has 1 aliphatic rings. The molecule has 2 N–H and O–H groups in total. The van der Waals surface area contributed by atoms with Crippen LogP contribution in [0.4, 0.5) is 10.1 Å². The Morgan fingerprint density at radius 1 is 1.03 bits per heavy atom. The van der Waals surface area contributed by atoms with Gasteiger partial charge >= 0.3 is 0 Å². The van der Waals surface area contributed by atoms with Crippen LogP contribution >= 0.6 is 11.6 Å². The maximum atomic E-state index is 13.8. The minimum atomic E-state index is -3.83. The van der Waals surface area contributed by atoms with E-state index < -0.39 is 15.8 Å². The van der Waals surface area contributed by atoms with Crippen LogP contribution in [0.1, 0.15) is 17.9 Å². The Hall–Kier alpha value is -3.14. The highest BCUT2D eigenvalue weighted by Crippen LogP contribution is 2.41. The molecule has 1 amide bonds. The van der Waals surface area contributed by atoms with E-state index in [-0.39, 0.29) is 28.9 Å². The van der Waals surface area contributed by atoms with E-state index in [0.29, 0.717) is 28.8 Å². The number of amides is 1. The maximum Gasteiger partial charge on any atom is 0.238 e. The average Bonchev–Trinajstić information content (AvgIpc) is 3.15. The number of nitrogens with two attached hydrogens (primary N) is 1. The lowest BCUT2D eigenvalue weighted by atomic mass is 9.97. The van der Waals surface area contributed by atoms with Gasteiger partial charge in [-0.3, -0.25) is 4.79 Å². The van der Waals surface area contributed by atoms with Gasteiger partial charge in [0.05, 0.1) is 12.0 Å². The summed E-state index contributed by atoms with van der Waals surface area (Å²) in [6.07, 6.45) is 0.204. The van der Waals surface area contributed by atoms with Gasteiger partial charge in [0, 0.05) is 41.2 Å². The predicted molar refractivity (Wildman–Crippen MR) is 122 cm³/mol. The Bertz CT molecular complexity index is 1310. The molecule has 3 aromatic carbocycles. The first kappa shape index (κ1) is 23.0. The number of primary sulfonamides is 1. The van der Waals surface area contributed by atoms with Gasteiger partial charge in [0.1, 0.15) is 11.6 Å². The highest BCUT2D eigenvalue weighted by molar-refractivity contribution is 7.89. The van der Waals surface area contributed by atoms with Gasteiger partial charge in [-0.05, 0) is 48.5 Å². The van der Waals surface area contributed by atoms with Gasteiger partial charge in [0.25, 0.3) is 0 Å².